The summed E-state index contributed by atoms with van der Waals surface area (Å²) in [5.74, 6) is 0.0256. The minimum absolute atomic E-state index is 0.0251. The van der Waals surface area contributed by atoms with Crippen molar-refractivity contribution in [2.45, 2.75) is 43.9 Å². The Labute approximate surface area is 200 Å². The van der Waals surface area contributed by atoms with Crippen molar-refractivity contribution in [2.24, 2.45) is 5.73 Å². The number of carbonyl (C=O) groups is 1. The highest BCUT2D eigenvalue weighted by Gasteiger charge is 2.45. The number of nitrogens with two attached hydrogens (primary N) is 1. The van der Waals surface area contributed by atoms with Gasteiger partial charge in [0.2, 0.25) is 0 Å². The molecule has 3 N–H and O–H groups in total. The van der Waals surface area contributed by atoms with E-state index in [1.54, 1.807) is 18.5 Å². The molecule has 3 atom stereocenters. The van der Waals surface area contributed by atoms with Crippen molar-refractivity contribution in [2.75, 3.05) is 31.1 Å². The van der Waals surface area contributed by atoms with Gasteiger partial charge in [-0.25, -0.2) is 18.3 Å². The van der Waals surface area contributed by atoms with Crippen LogP contribution in [0, 0.1) is 0 Å². The number of ether oxygens (including phenoxy) is 1. The van der Waals surface area contributed by atoms with Crippen molar-refractivity contribution < 1.29 is 23.4 Å². The highest BCUT2D eigenvalue weighted by Crippen LogP contribution is 2.46. The van der Waals surface area contributed by atoms with E-state index in [1.807, 2.05) is 24.0 Å². The van der Waals surface area contributed by atoms with E-state index in [0.29, 0.717) is 42.2 Å². The number of aliphatic hydroxyl groups is 1. The lowest BCUT2D eigenvalue weighted by Crippen LogP contribution is -2.48. The number of hydrogen-bond donors (Lipinski definition) is 2. The van der Waals surface area contributed by atoms with Gasteiger partial charge in [-0.05, 0) is 31.0 Å². The van der Waals surface area contributed by atoms with Gasteiger partial charge in [0.05, 0.1) is 18.8 Å². The highest BCUT2D eigenvalue weighted by atomic mass is 19.3. The Kier molecular flexibility index (Phi) is 4.98. The van der Waals surface area contributed by atoms with Crippen LogP contribution in [0.3, 0.4) is 0 Å². The number of rotatable bonds is 6. The lowest BCUT2D eigenvalue weighted by Gasteiger charge is -2.36. The molecule has 2 bridgehead atoms. The van der Waals surface area contributed by atoms with Crippen LogP contribution >= 0.6 is 0 Å². The molecule has 184 valence electrons. The van der Waals surface area contributed by atoms with E-state index in [1.165, 1.54) is 4.52 Å². The summed E-state index contributed by atoms with van der Waals surface area (Å²) in [6.07, 6.45) is 2.20. The van der Waals surface area contributed by atoms with Crippen LogP contribution in [0.1, 0.15) is 29.3 Å². The van der Waals surface area contributed by atoms with Crippen molar-refractivity contribution in [3.05, 3.63) is 41.7 Å². The first-order chi connectivity index (χ1) is 16.8. The number of amides is 1. The van der Waals surface area contributed by atoms with Crippen molar-refractivity contribution in [1.82, 2.24) is 19.5 Å². The number of halogens is 2. The van der Waals surface area contributed by atoms with Crippen molar-refractivity contribution in [3.63, 3.8) is 0 Å². The van der Waals surface area contributed by atoms with Gasteiger partial charge in [0.15, 0.2) is 5.65 Å². The maximum Gasteiger partial charge on any atom is 0.254 e. The molecule has 0 spiro atoms. The molecule has 2 fully saturated rings. The molecule has 5 heterocycles. The third kappa shape index (κ3) is 3.52. The zero-order chi connectivity index (χ0) is 24.5. The van der Waals surface area contributed by atoms with Crippen LogP contribution in [0.4, 0.5) is 14.5 Å². The number of hydrogen-bond acceptors (Lipinski definition) is 7. The number of nitrogens with zero attached hydrogens (tertiary/aromatic N) is 5. The van der Waals surface area contributed by atoms with Crippen LogP contribution in [0.2, 0.25) is 0 Å². The van der Waals surface area contributed by atoms with Crippen LogP contribution in [0.25, 0.3) is 16.9 Å². The predicted molar refractivity (Wildman–Crippen MR) is 124 cm³/mol. The number of alkyl halides is 2. The average molecular weight is 485 g/mol. The SMILES string of the molecule is C[C@]1(CO)Cc2cc(-c3nn4cccnc4c3C(N)=O)c(N3C[C@H]4C[C@@H]3CN4CC(F)F)cc2O1. The Morgan fingerprint density at radius 3 is 2.86 bits per heavy atom. The number of aliphatic hydroxyl groups excluding tert-OH is 1. The van der Waals surface area contributed by atoms with Gasteiger partial charge in [-0.1, -0.05) is 0 Å². The maximum atomic E-state index is 13.0. The second-order valence-electron chi connectivity index (χ2n) is 9.88. The number of primary amides is 1. The first-order valence-electron chi connectivity index (χ1n) is 11.7. The fourth-order valence-corrected chi connectivity index (χ4v) is 5.81. The Hall–Kier alpha value is -3.31. The van der Waals surface area contributed by atoms with Gasteiger partial charge in [-0.2, -0.15) is 5.10 Å². The third-order valence-electron chi connectivity index (χ3n) is 7.37. The summed E-state index contributed by atoms with van der Waals surface area (Å²) >= 11 is 0. The summed E-state index contributed by atoms with van der Waals surface area (Å²) in [7, 11) is 0. The van der Waals surface area contributed by atoms with Gasteiger partial charge in [-0.15, -0.1) is 0 Å². The monoisotopic (exact) mass is 484 g/mol. The van der Waals surface area contributed by atoms with E-state index in [4.69, 9.17) is 10.5 Å². The number of fused-ring (bicyclic) bond motifs is 4. The Morgan fingerprint density at radius 1 is 1.34 bits per heavy atom. The van der Waals surface area contributed by atoms with E-state index in [-0.39, 0.29) is 30.8 Å². The molecule has 1 amide bonds. The van der Waals surface area contributed by atoms with E-state index >= 15 is 0 Å². The molecular formula is C24H26F2N6O3. The molecule has 2 aromatic heterocycles. The normalized spacial score (nSPS) is 25.6. The van der Waals surface area contributed by atoms with Crippen LogP contribution in [-0.2, 0) is 6.42 Å². The lowest BCUT2D eigenvalue weighted by atomic mass is 9.95. The highest BCUT2D eigenvalue weighted by molar-refractivity contribution is 6.06. The van der Waals surface area contributed by atoms with Crippen molar-refractivity contribution >= 4 is 17.2 Å². The molecule has 0 unspecified atom stereocenters. The van der Waals surface area contributed by atoms with Crippen LogP contribution in [0.5, 0.6) is 5.75 Å². The number of carbonyl (C=O) groups excluding carboxylic acids is 1. The Morgan fingerprint density at radius 2 is 2.17 bits per heavy atom. The second-order valence-corrected chi connectivity index (χ2v) is 9.88. The minimum atomic E-state index is -2.37. The third-order valence-corrected chi connectivity index (χ3v) is 7.37. The van der Waals surface area contributed by atoms with E-state index < -0.39 is 17.9 Å². The number of anilines is 1. The number of piperazine rings is 1. The van der Waals surface area contributed by atoms with Gasteiger partial charge >= 0.3 is 0 Å². The first-order valence-corrected chi connectivity index (χ1v) is 11.7. The zero-order valence-corrected chi connectivity index (χ0v) is 19.2. The summed E-state index contributed by atoms with van der Waals surface area (Å²) < 4.78 is 33.7. The fourth-order valence-electron chi connectivity index (χ4n) is 5.81. The van der Waals surface area contributed by atoms with Crippen molar-refractivity contribution in [1.29, 1.82) is 0 Å². The van der Waals surface area contributed by atoms with Gasteiger partial charge < -0.3 is 20.5 Å². The Bertz CT molecular complexity index is 1330. The van der Waals surface area contributed by atoms with E-state index in [0.717, 1.165) is 17.7 Å². The Balaban J connectivity index is 1.49. The molecule has 35 heavy (non-hydrogen) atoms. The molecule has 9 nitrogen and oxygen atoms in total. The van der Waals surface area contributed by atoms with Crippen LogP contribution in [0.15, 0.2) is 30.6 Å². The molecule has 1 aromatic carbocycles. The summed E-state index contributed by atoms with van der Waals surface area (Å²) in [4.78, 5) is 20.9. The van der Waals surface area contributed by atoms with Gasteiger partial charge in [0.1, 0.15) is 22.6 Å². The number of benzene rings is 1. The fraction of sp³-hybridized carbons (Fsp3) is 0.458. The summed E-state index contributed by atoms with van der Waals surface area (Å²) in [5.41, 5.74) is 8.45. The van der Waals surface area contributed by atoms with Crippen LogP contribution in [-0.4, -0.2) is 80.9 Å². The second kappa shape index (κ2) is 7.85. The quantitative estimate of drug-likeness (QED) is 0.548. The zero-order valence-electron chi connectivity index (χ0n) is 19.2. The molecule has 6 rings (SSSR count). The maximum absolute atomic E-state index is 13.0. The summed E-state index contributed by atoms with van der Waals surface area (Å²) in [6, 6.07) is 5.66. The topological polar surface area (TPSA) is 109 Å². The van der Waals surface area contributed by atoms with Gasteiger partial charge in [0, 0.05) is 55.6 Å². The predicted octanol–water partition coefficient (Wildman–Crippen LogP) is 1.71. The smallest absolute Gasteiger partial charge is 0.254 e. The summed E-state index contributed by atoms with van der Waals surface area (Å²) in [5, 5.41) is 14.5. The lowest BCUT2D eigenvalue weighted by molar-refractivity contribution is 0.0447. The minimum Gasteiger partial charge on any atom is -0.484 e. The molecule has 11 heteroatoms. The molecule has 3 aromatic rings. The molecule has 0 saturated carbocycles. The van der Waals surface area contributed by atoms with Crippen molar-refractivity contribution in [3.8, 4) is 17.0 Å². The standard InChI is InChI=1S/C24H26F2N6O3/c1-24(12-33)8-13-5-16(21-20(22(27)34)23-28-3-2-4-32(23)29-21)17(7-18(13)35-24)31-10-14-6-15(31)9-30(14)11-19(25)26/h2-5,7,14-15,19,33H,6,8-12H2,1H3,(H2,27,34)/t14-,15-,24-/m1/s1. The van der Waals surface area contributed by atoms with Gasteiger partial charge in [-0.3, -0.25) is 9.69 Å². The summed E-state index contributed by atoms with van der Waals surface area (Å²) in [6.45, 7) is 2.59. The van der Waals surface area contributed by atoms with Gasteiger partial charge in [0.25, 0.3) is 12.3 Å². The number of likely N-dealkylation sites (tertiary alicyclic amines) is 1. The molecule has 3 aliphatic heterocycles. The van der Waals surface area contributed by atoms with E-state index in [9.17, 15) is 18.7 Å². The first kappa shape index (κ1) is 22.2. The van der Waals surface area contributed by atoms with Crippen LogP contribution < -0.4 is 15.4 Å². The largest absolute Gasteiger partial charge is 0.484 e. The molecule has 3 aliphatic rings. The molecule has 0 radical (unpaired) electrons. The number of aromatic nitrogens is 3. The molecular weight excluding hydrogens is 458 g/mol. The average Bonchev–Trinajstić information content (AvgIpc) is 3.57. The van der Waals surface area contributed by atoms with E-state index in [2.05, 4.69) is 15.0 Å². The molecule has 0 aliphatic carbocycles. The molecule has 2 saturated heterocycles.